The van der Waals surface area contributed by atoms with Crippen LogP contribution in [0.3, 0.4) is 0 Å². The van der Waals surface area contributed by atoms with E-state index in [0.29, 0.717) is 18.6 Å². The first kappa shape index (κ1) is 27.9. The van der Waals surface area contributed by atoms with Crippen molar-refractivity contribution in [2.45, 2.75) is 72.6 Å². The summed E-state index contributed by atoms with van der Waals surface area (Å²) in [5.74, 6) is 0.222. The lowest BCUT2D eigenvalue weighted by molar-refractivity contribution is -0.120. The zero-order chi connectivity index (χ0) is 28.7. The number of amides is 1. The van der Waals surface area contributed by atoms with Gasteiger partial charge in [-0.15, -0.1) is 0 Å². The van der Waals surface area contributed by atoms with Crippen molar-refractivity contribution in [3.05, 3.63) is 82.7 Å². The Morgan fingerprint density at radius 3 is 1.93 bits per heavy atom. The molecule has 1 amide bonds. The van der Waals surface area contributed by atoms with Gasteiger partial charge in [0.2, 0.25) is 0 Å². The molecule has 3 aliphatic rings. The highest BCUT2D eigenvalue weighted by molar-refractivity contribution is 6.06. The predicted molar refractivity (Wildman–Crippen MR) is 157 cm³/mol. The average Bonchev–Trinajstić information content (AvgIpc) is 2.88. The number of allylic oxidation sites excluding steroid dienone is 4. The van der Waals surface area contributed by atoms with Crippen LogP contribution in [-0.2, 0) is 14.4 Å². The van der Waals surface area contributed by atoms with Gasteiger partial charge in [-0.2, -0.15) is 0 Å². The molecule has 0 saturated carbocycles. The summed E-state index contributed by atoms with van der Waals surface area (Å²) in [6.45, 7) is 11.5. The fourth-order valence-corrected chi connectivity index (χ4v) is 6.50. The first-order valence-corrected chi connectivity index (χ1v) is 14.4. The van der Waals surface area contributed by atoms with Crippen LogP contribution in [0.2, 0.25) is 0 Å². The molecule has 2 aliphatic carbocycles. The molecule has 0 atom stereocenters. The molecule has 210 valence electrons. The average molecular weight is 541 g/mol. The highest BCUT2D eigenvalue weighted by atomic mass is 16.5. The van der Waals surface area contributed by atoms with E-state index < -0.39 is 0 Å². The monoisotopic (exact) mass is 540 g/mol. The minimum Gasteiger partial charge on any atom is -0.484 e. The number of ketones is 2. The first-order valence-electron chi connectivity index (χ1n) is 14.4. The largest absolute Gasteiger partial charge is 0.484 e. The van der Waals surface area contributed by atoms with E-state index in [0.717, 1.165) is 59.6 Å². The van der Waals surface area contributed by atoms with Crippen LogP contribution in [0, 0.1) is 10.8 Å². The number of hydrogen-bond acceptors (Lipinski definition) is 5. The third kappa shape index (κ3) is 5.63. The Hall–Kier alpha value is -3.67. The summed E-state index contributed by atoms with van der Waals surface area (Å²) >= 11 is 0. The Morgan fingerprint density at radius 1 is 0.850 bits per heavy atom. The molecule has 1 aliphatic heterocycles. The van der Waals surface area contributed by atoms with E-state index in [1.54, 1.807) is 0 Å². The summed E-state index contributed by atoms with van der Waals surface area (Å²) in [7, 11) is 0. The molecule has 0 aromatic heterocycles. The summed E-state index contributed by atoms with van der Waals surface area (Å²) in [6.07, 6.45) is 3.51. The number of anilines is 1. The highest BCUT2D eigenvalue weighted by Gasteiger charge is 2.48. The molecule has 2 aromatic carbocycles. The summed E-state index contributed by atoms with van der Waals surface area (Å²) in [4.78, 5) is 42.3. The Bertz CT molecular complexity index is 1330. The van der Waals surface area contributed by atoms with Gasteiger partial charge in [0.15, 0.2) is 18.2 Å². The number of nitrogens with one attached hydrogen (secondary N) is 1. The normalized spacial score (nSPS) is 20.3. The molecule has 2 aromatic rings. The second-order valence-electron chi connectivity index (χ2n) is 13.0. The van der Waals surface area contributed by atoms with Gasteiger partial charge in [0.1, 0.15) is 5.75 Å². The number of carbonyl (C=O) groups is 3. The van der Waals surface area contributed by atoms with Crippen LogP contribution in [-0.4, -0.2) is 35.5 Å². The van der Waals surface area contributed by atoms with Crippen molar-refractivity contribution in [2.75, 3.05) is 18.5 Å². The maximum Gasteiger partial charge on any atom is 0.262 e. The Morgan fingerprint density at radius 2 is 1.40 bits per heavy atom. The molecule has 1 N–H and O–H groups in total. The Balaban J connectivity index is 1.47. The van der Waals surface area contributed by atoms with E-state index >= 15 is 0 Å². The molecule has 40 heavy (non-hydrogen) atoms. The van der Waals surface area contributed by atoms with E-state index in [-0.39, 0.29) is 40.8 Å². The summed E-state index contributed by atoms with van der Waals surface area (Å²) in [6, 6.07) is 16.8. The lowest BCUT2D eigenvalue weighted by Crippen LogP contribution is -2.44. The maximum absolute atomic E-state index is 13.8. The van der Waals surface area contributed by atoms with E-state index in [1.165, 1.54) is 0 Å². The van der Waals surface area contributed by atoms with E-state index in [2.05, 4.69) is 44.8 Å². The van der Waals surface area contributed by atoms with Crippen molar-refractivity contribution in [3.8, 4) is 5.75 Å². The number of para-hydroxylation sites is 1. The van der Waals surface area contributed by atoms with Gasteiger partial charge in [-0.05, 0) is 59.9 Å². The molecule has 0 unspecified atom stereocenters. The third-order valence-electron chi connectivity index (χ3n) is 8.11. The molecule has 0 spiro atoms. The molecule has 6 heteroatoms. The molecular formula is C34H40N2O4. The molecule has 0 saturated heterocycles. The van der Waals surface area contributed by atoms with Crippen LogP contribution in [0.5, 0.6) is 5.75 Å². The molecule has 5 rings (SSSR count). The van der Waals surface area contributed by atoms with Crippen LogP contribution >= 0.6 is 0 Å². The Kier molecular flexibility index (Phi) is 7.47. The van der Waals surface area contributed by atoms with E-state index in [4.69, 9.17) is 4.74 Å². The standard InChI is InChI=1S/C34H40N2O4/c1-6-16-36-25-17-33(2,3)19-27(37)31(25)30(32-26(36)18-34(4,5)20-28(32)38)22-12-14-24(15-13-22)40-21-29(39)35-23-10-8-7-9-11-23/h7-15,30H,6,16-21H2,1-5H3,(H,35,39). The SMILES string of the molecule is CCCN1C2=C(C(=O)CC(C)(C)C2)C(c2ccc(OCC(=O)Nc3ccccc3)cc2)C2=C1CC(C)(C)CC2=O. The van der Waals surface area contributed by atoms with Crippen molar-refractivity contribution < 1.29 is 19.1 Å². The van der Waals surface area contributed by atoms with Crippen molar-refractivity contribution >= 4 is 23.2 Å². The van der Waals surface area contributed by atoms with E-state index in [9.17, 15) is 14.4 Å². The number of benzene rings is 2. The van der Waals surface area contributed by atoms with Gasteiger partial charge in [-0.1, -0.05) is 65.0 Å². The predicted octanol–water partition coefficient (Wildman–Crippen LogP) is 6.80. The van der Waals surface area contributed by atoms with Crippen molar-refractivity contribution in [1.82, 2.24) is 4.90 Å². The molecule has 1 heterocycles. The third-order valence-corrected chi connectivity index (χ3v) is 8.11. The molecule has 6 nitrogen and oxygen atoms in total. The van der Waals surface area contributed by atoms with Gasteiger partial charge in [-0.3, -0.25) is 14.4 Å². The zero-order valence-electron chi connectivity index (χ0n) is 24.3. The Labute approximate surface area is 237 Å². The molecule has 0 bridgehead atoms. The number of rotatable bonds is 7. The lowest BCUT2D eigenvalue weighted by atomic mass is 9.63. The molecule has 0 radical (unpaired) electrons. The van der Waals surface area contributed by atoms with Gasteiger partial charge in [0.05, 0.1) is 0 Å². The van der Waals surface area contributed by atoms with Gasteiger partial charge in [0.25, 0.3) is 5.91 Å². The minimum atomic E-state index is -0.374. The maximum atomic E-state index is 13.8. The van der Waals surface area contributed by atoms with Gasteiger partial charge >= 0.3 is 0 Å². The van der Waals surface area contributed by atoms with Gasteiger partial charge in [-0.25, -0.2) is 0 Å². The first-order chi connectivity index (χ1) is 19.0. The van der Waals surface area contributed by atoms with Crippen molar-refractivity contribution in [3.63, 3.8) is 0 Å². The highest BCUT2D eigenvalue weighted by Crippen LogP contribution is 2.54. The molecular weight excluding hydrogens is 500 g/mol. The van der Waals surface area contributed by atoms with Crippen LogP contribution < -0.4 is 10.1 Å². The number of Topliss-reactive ketones (excluding diaryl/α,β-unsaturated/α-hetero) is 2. The number of ether oxygens (including phenoxy) is 1. The topological polar surface area (TPSA) is 75.7 Å². The minimum absolute atomic E-state index is 0.116. The van der Waals surface area contributed by atoms with Crippen LogP contribution in [0.4, 0.5) is 5.69 Å². The van der Waals surface area contributed by atoms with Gasteiger partial charge < -0.3 is 15.0 Å². The number of carbonyl (C=O) groups excluding carboxylic acids is 3. The number of hydrogen-bond donors (Lipinski definition) is 1. The van der Waals surface area contributed by atoms with Crippen LogP contribution in [0.25, 0.3) is 0 Å². The van der Waals surface area contributed by atoms with Crippen LogP contribution in [0.15, 0.2) is 77.1 Å². The zero-order valence-corrected chi connectivity index (χ0v) is 24.3. The molecule has 0 fully saturated rings. The van der Waals surface area contributed by atoms with Crippen LogP contribution in [0.1, 0.15) is 78.2 Å². The van der Waals surface area contributed by atoms with Crippen molar-refractivity contribution in [1.29, 1.82) is 0 Å². The lowest BCUT2D eigenvalue weighted by Gasteiger charge is -2.49. The van der Waals surface area contributed by atoms with E-state index in [1.807, 2.05) is 54.6 Å². The van der Waals surface area contributed by atoms with Gasteiger partial charge in [0, 0.05) is 53.5 Å². The smallest absolute Gasteiger partial charge is 0.262 e. The van der Waals surface area contributed by atoms with Crippen molar-refractivity contribution in [2.24, 2.45) is 10.8 Å². The second kappa shape index (κ2) is 10.7. The summed E-state index contributed by atoms with van der Waals surface area (Å²) in [5.41, 5.74) is 5.14. The fourth-order valence-electron chi connectivity index (χ4n) is 6.50. The number of nitrogens with zero attached hydrogens (tertiary/aromatic N) is 1. The second-order valence-corrected chi connectivity index (χ2v) is 13.0. The quantitative estimate of drug-likeness (QED) is 0.418. The summed E-state index contributed by atoms with van der Waals surface area (Å²) < 4.78 is 5.76. The summed E-state index contributed by atoms with van der Waals surface area (Å²) in [5, 5.41) is 2.82. The fraction of sp³-hybridized carbons (Fsp3) is 0.441.